The van der Waals surface area contributed by atoms with Gasteiger partial charge >= 0.3 is 47.8 Å². The van der Waals surface area contributed by atoms with E-state index in [1.54, 1.807) is 41.5 Å². The topological polar surface area (TPSA) is 247 Å². The summed E-state index contributed by atoms with van der Waals surface area (Å²) in [4.78, 5) is 92.4. The summed E-state index contributed by atoms with van der Waals surface area (Å²) in [6, 6.07) is 0. The third-order valence-corrected chi connectivity index (χ3v) is 36.8. The standard InChI is InChI=1S/2C18H30O2.2C16H24O3.2C15H22O3.C13H22O2.C11H18O2/c2*1-14(2)17(19)20-18(3,15-10-6-4-7-11-15)16-12-8-5-9-13-16;1-10(2)15(17)18-11(3)19-16-7-12-4-13(8-16)6-14(5-12)9-16;1-9(2)16(17)19-10(3)18-15-13-5-11-4-12(7-13)8-14(15)6-11;1-3-14(16)17-10(2)18-15-7-11-4-12(8-15)6-13(5-11)9-15;1-3-14(16)17-9(2)18-15-12-5-10-4-11(7-12)8-13(15)6-10;1-10(2)12(14)15-13(3,4)11-8-6-5-7-9-11;1-9(2)10(12)13-11(3)7-5-4-6-8-11/h2*15-16H,1,4-13H2,2-3H3;11-14H,1,4-9H2,2-3H3;10-15H,1,4-8H2,2-3H3;3,10-13H,1,4-9H2,2H3;3,9-13,15H,1,4-8H2,2H3;11H,1,5-9H2,2-4H3;1,4-8H2,2-3H3. The molecule has 0 aromatic rings. The van der Waals surface area contributed by atoms with E-state index in [2.05, 4.69) is 66.5 Å². The van der Waals surface area contributed by atoms with Crippen molar-refractivity contribution in [3.63, 3.8) is 0 Å². The predicted molar refractivity (Wildman–Crippen MR) is 559 cm³/mol. The van der Waals surface area contributed by atoms with Crippen LogP contribution in [0.2, 0.25) is 0 Å². The number of carbonyl (C=O) groups is 8. The number of esters is 8. The molecule has 22 fully saturated rings. The Bertz CT molecular complexity index is 4000. The summed E-state index contributed by atoms with van der Waals surface area (Å²) < 4.78 is 68.2. The molecular formula is C122H192O20. The van der Waals surface area contributed by atoms with Gasteiger partial charge in [0.2, 0.25) is 25.2 Å². The van der Waals surface area contributed by atoms with E-state index in [-0.39, 0.29) is 69.4 Å². The van der Waals surface area contributed by atoms with Gasteiger partial charge in [-0.05, 0) is 447 Å². The molecule has 4 unspecified atom stereocenters. The van der Waals surface area contributed by atoms with E-state index in [0.29, 0.717) is 98.9 Å². The molecule has 22 aliphatic rings. The molecule has 142 heavy (non-hydrogen) atoms. The van der Waals surface area contributed by atoms with Crippen LogP contribution in [0.4, 0.5) is 0 Å². The first-order valence-electron chi connectivity index (χ1n) is 56.9. The van der Waals surface area contributed by atoms with Gasteiger partial charge in [0.25, 0.3) is 0 Å². The SMILES string of the molecule is C=C(C)C(=O)OC(C)(C)C1CCCCC1.C=C(C)C(=O)OC(C)(C1CCCCC1)C1CCCCC1.C=C(C)C(=O)OC(C)(C1CCCCC1)C1CCCCC1.C=C(C)C(=O)OC(C)OC12CC3CC(CC(C3)C1)C2.C=C(C)C(=O)OC(C)OC1C2CC3CC(C2)CC1C3.C=C(C)C(=O)OC1(C)CCCCC1.C=CC(=O)OC(C)OC12CC3CC(CC(C3)C1)C2.C=CC(=O)OC(C)OC1C2CC3CC(C2)CC1C3. The monoisotopic (exact) mass is 1980 g/mol. The summed E-state index contributed by atoms with van der Waals surface area (Å²) in [6.07, 6.45) is 67.2. The van der Waals surface area contributed by atoms with Crippen molar-refractivity contribution in [2.45, 2.75) is 509 Å². The first kappa shape index (κ1) is 116. The van der Waals surface area contributed by atoms with Crippen LogP contribution >= 0.6 is 0 Å². The van der Waals surface area contributed by atoms with Gasteiger partial charge in [-0.3, -0.25) is 0 Å². The van der Waals surface area contributed by atoms with Gasteiger partial charge in [-0.2, -0.15) is 0 Å². The number of rotatable bonds is 29. The average Bonchev–Trinajstić information content (AvgIpc) is 0.750. The van der Waals surface area contributed by atoms with E-state index >= 15 is 0 Å². The van der Waals surface area contributed by atoms with Gasteiger partial charge in [0.05, 0.1) is 23.4 Å². The van der Waals surface area contributed by atoms with Gasteiger partial charge in [0.15, 0.2) is 0 Å². The Labute approximate surface area is 857 Å². The Morgan fingerprint density at radius 1 is 0.289 bits per heavy atom. The van der Waals surface area contributed by atoms with Crippen LogP contribution in [0.25, 0.3) is 0 Å². The highest BCUT2D eigenvalue weighted by atomic mass is 16.7. The second-order valence-electron chi connectivity index (χ2n) is 49.8. The van der Waals surface area contributed by atoms with E-state index < -0.39 is 37.1 Å². The molecule has 0 N–H and O–H groups in total. The Balaban J connectivity index is 0.000000155. The summed E-state index contributed by atoms with van der Waals surface area (Å²) in [7, 11) is 0. The van der Waals surface area contributed by atoms with Crippen molar-refractivity contribution in [1.82, 2.24) is 0 Å². The van der Waals surface area contributed by atoms with Crippen LogP contribution < -0.4 is 0 Å². The number of ether oxygens (including phenoxy) is 12. The summed E-state index contributed by atoms with van der Waals surface area (Å²) in [6.45, 7) is 56.7. The Hall–Kier alpha value is -6.48. The van der Waals surface area contributed by atoms with Gasteiger partial charge in [-0.25, -0.2) is 38.4 Å². The fourth-order valence-electron chi connectivity index (χ4n) is 30.9. The predicted octanol–water partition coefficient (Wildman–Crippen LogP) is 29.0. The molecule has 16 bridgehead atoms. The van der Waals surface area contributed by atoms with E-state index in [4.69, 9.17) is 56.8 Å². The zero-order chi connectivity index (χ0) is 103. The quantitative estimate of drug-likeness (QED) is 0.0292. The van der Waals surface area contributed by atoms with Gasteiger partial charge in [0.1, 0.15) is 22.4 Å². The smallest absolute Gasteiger partial charge is 0.335 e. The van der Waals surface area contributed by atoms with E-state index in [1.807, 2.05) is 48.5 Å². The third kappa shape index (κ3) is 33.3. The summed E-state index contributed by atoms with van der Waals surface area (Å²) >= 11 is 0. The molecular weight excluding hydrogens is 1790 g/mol. The van der Waals surface area contributed by atoms with Crippen LogP contribution in [0, 0.1) is 112 Å². The summed E-state index contributed by atoms with van der Waals surface area (Å²) in [5.41, 5.74) is 1.79. The Morgan fingerprint density at radius 3 is 0.796 bits per heavy atom. The lowest BCUT2D eigenvalue weighted by Crippen LogP contribution is -2.53. The summed E-state index contributed by atoms with van der Waals surface area (Å²) in [5, 5.41) is 0. The molecule has 0 saturated heterocycles. The minimum absolute atomic E-state index is 0.00435. The maximum Gasteiger partial charge on any atom is 0.335 e. The fraction of sp³-hybridized carbons (Fsp3) is 0.803. The largest absolute Gasteiger partial charge is 0.456 e. The molecule has 800 valence electrons. The molecule has 0 aromatic carbocycles. The van der Waals surface area contributed by atoms with Crippen molar-refractivity contribution in [3.8, 4) is 0 Å². The van der Waals surface area contributed by atoms with Gasteiger partial charge in [0, 0.05) is 45.6 Å². The van der Waals surface area contributed by atoms with Gasteiger partial charge < -0.3 is 56.8 Å². The van der Waals surface area contributed by atoms with Crippen LogP contribution in [0.5, 0.6) is 0 Å². The first-order valence-corrected chi connectivity index (χ1v) is 56.9. The molecule has 0 aromatic heterocycles. The Morgan fingerprint density at radius 2 is 0.521 bits per heavy atom. The molecule has 22 aliphatic carbocycles. The molecule has 22 rings (SSSR count). The minimum Gasteiger partial charge on any atom is -0.456 e. The zero-order valence-corrected chi connectivity index (χ0v) is 91.2. The van der Waals surface area contributed by atoms with Crippen molar-refractivity contribution in [2.24, 2.45) is 112 Å². The van der Waals surface area contributed by atoms with Crippen LogP contribution in [0.1, 0.15) is 438 Å². The number of hydrogen-bond donors (Lipinski definition) is 0. The minimum atomic E-state index is -0.458. The van der Waals surface area contributed by atoms with Crippen LogP contribution in [0.15, 0.2) is 98.2 Å². The van der Waals surface area contributed by atoms with Crippen LogP contribution in [-0.4, -0.2) is 119 Å². The lowest BCUT2D eigenvalue weighted by molar-refractivity contribution is -0.244. The second-order valence-corrected chi connectivity index (χ2v) is 49.8. The van der Waals surface area contributed by atoms with Crippen molar-refractivity contribution in [3.05, 3.63) is 98.2 Å². The van der Waals surface area contributed by atoms with Crippen molar-refractivity contribution in [1.29, 1.82) is 0 Å². The van der Waals surface area contributed by atoms with E-state index in [1.165, 1.54) is 295 Å². The van der Waals surface area contributed by atoms with Gasteiger partial charge in [-0.1, -0.05) is 155 Å². The normalized spacial score (nSPS) is 32.0. The van der Waals surface area contributed by atoms with Crippen molar-refractivity contribution < 1.29 is 95.2 Å². The lowest BCUT2D eigenvalue weighted by Gasteiger charge is -2.56. The van der Waals surface area contributed by atoms with Crippen LogP contribution in [0.3, 0.4) is 0 Å². The Kier molecular flexibility index (Phi) is 43.3. The first-order chi connectivity index (χ1) is 67.3. The molecule has 0 radical (unpaired) electrons. The number of carbonyl (C=O) groups excluding carboxylic acids is 8. The molecule has 4 atom stereocenters. The molecule has 20 heteroatoms. The molecule has 22 saturated carbocycles. The molecule has 0 spiro atoms. The second kappa shape index (κ2) is 53.1. The number of hydrogen-bond acceptors (Lipinski definition) is 20. The third-order valence-electron chi connectivity index (χ3n) is 36.8. The highest BCUT2D eigenvalue weighted by Crippen LogP contribution is 2.61. The maximum atomic E-state index is 12.1. The highest BCUT2D eigenvalue weighted by Gasteiger charge is 2.57. The van der Waals surface area contributed by atoms with E-state index in [0.717, 1.165) is 111 Å². The average molecular weight is 1980 g/mol. The molecule has 0 amide bonds. The lowest BCUT2D eigenvalue weighted by atomic mass is 9.54. The highest BCUT2D eigenvalue weighted by molar-refractivity contribution is 5.89. The van der Waals surface area contributed by atoms with Crippen molar-refractivity contribution in [2.75, 3.05) is 0 Å². The van der Waals surface area contributed by atoms with E-state index in [9.17, 15) is 38.4 Å². The van der Waals surface area contributed by atoms with Crippen molar-refractivity contribution >= 4 is 47.8 Å². The molecule has 0 aliphatic heterocycles. The van der Waals surface area contributed by atoms with Gasteiger partial charge in [-0.15, -0.1) is 0 Å². The van der Waals surface area contributed by atoms with Crippen LogP contribution in [-0.2, 0) is 95.2 Å². The zero-order valence-electron chi connectivity index (χ0n) is 91.2. The molecule has 0 heterocycles. The maximum absolute atomic E-state index is 12.1. The molecule has 20 nitrogen and oxygen atoms in total. The fourth-order valence-corrected chi connectivity index (χ4v) is 30.9. The summed E-state index contributed by atoms with van der Waals surface area (Å²) in [5.74, 6) is 11.9.